The maximum atomic E-state index is 4.39. The van der Waals surface area contributed by atoms with Crippen molar-refractivity contribution in [2.24, 2.45) is 0 Å². The van der Waals surface area contributed by atoms with Gasteiger partial charge in [0.15, 0.2) is 0 Å². The molecule has 2 rings (SSSR count). The fourth-order valence-electron chi connectivity index (χ4n) is 1.77. The Bertz CT molecular complexity index is 463. The second-order valence-corrected chi connectivity index (χ2v) is 5.66. The third-order valence-electron chi connectivity index (χ3n) is 2.40. The fraction of sp³-hybridized carbons (Fsp3) is 0.417. The monoisotopic (exact) mass is 205 g/mol. The quantitative estimate of drug-likeness (QED) is 0.635. The predicted molar refractivity (Wildman–Crippen MR) is 63.1 cm³/mol. The lowest BCUT2D eigenvalue weighted by Gasteiger charge is -2.17. The van der Waals surface area contributed by atoms with Crippen molar-refractivity contribution in [1.29, 1.82) is 0 Å². The Kier molecular flexibility index (Phi) is 2.11. The number of fused-ring (bicyclic) bond motifs is 1. The molecule has 0 radical (unpaired) electrons. The second-order valence-electron chi connectivity index (χ2n) is 4.66. The van der Waals surface area contributed by atoms with Gasteiger partial charge in [0.25, 0.3) is 0 Å². The maximum absolute atomic E-state index is 4.39. The van der Waals surface area contributed by atoms with Gasteiger partial charge >= 0.3 is 0 Å². The van der Waals surface area contributed by atoms with Crippen molar-refractivity contribution in [3.05, 3.63) is 28.8 Å². The Balaban J connectivity index is 2.75. The minimum absolute atomic E-state index is 0.232. The largest absolute Gasteiger partial charge is 0.245 e. The van der Waals surface area contributed by atoms with Crippen molar-refractivity contribution >= 4 is 21.6 Å². The number of hydrogen-bond donors (Lipinski definition) is 0. The first-order chi connectivity index (χ1) is 6.50. The maximum Gasteiger partial charge on any atom is 0.123 e. The summed E-state index contributed by atoms with van der Waals surface area (Å²) < 4.78 is 0. The molecule has 0 aliphatic rings. The first-order valence-electron chi connectivity index (χ1n) is 4.85. The normalized spacial score (nSPS) is 12.3. The zero-order chi connectivity index (χ0) is 10.3. The molecule has 14 heavy (non-hydrogen) atoms. The van der Waals surface area contributed by atoms with Gasteiger partial charge in [0.05, 0.1) is 0 Å². The van der Waals surface area contributed by atoms with Gasteiger partial charge < -0.3 is 0 Å². The molecular formula is C12H15NS. The van der Waals surface area contributed by atoms with E-state index in [-0.39, 0.29) is 5.41 Å². The van der Waals surface area contributed by atoms with Gasteiger partial charge in [0, 0.05) is 16.5 Å². The highest BCUT2D eigenvalue weighted by atomic mass is 32.1. The molecule has 0 aliphatic heterocycles. The summed E-state index contributed by atoms with van der Waals surface area (Å²) in [5.41, 5.74) is 1.63. The van der Waals surface area contributed by atoms with E-state index in [1.165, 1.54) is 15.8 Å². The van der Waals surface area contributed by atoms with Crippen molar-refractivity contribution in [3.8, 4) is 0 Å². The van der Waals surface area contributed by atoms with E-state index in [1.54, 1.807) is 0 Å². The number of rotatable bonds is 0. The van der Waals surface area contributed by atoms with E-state index in [0.717, 1.165) is 4.83 Å². The third-order valence-corrected chi connectivity index (χ3v) is 4.04. The fourth-order valence-corrected chi connectivity index (χ4v) is 2.98. The molecule has 0 saturated carbocycles. The number of hydrogen-bond acceptors (Lipinski definition) is 2. The van der Waals surface area contributed by atoms with Crippen LogP contribution in [0.1, 0.15) is 31.2 Å². The lowest BCUT2D eigenvalue weighted by atomic mass is 9.91. The van der Waals surface area contributed by atoms with Crippen LogP contribution in [0.25, 0.3) is 10.2 Å². The lowest BCUT2D eigenvalue weighted by molar-refractivity contribution is 0.601. The van der Waals surface area contributed by atoms with E-state index in [0.29, 0.717) is 0 Å². The molecule has 0 bridgehead atoms. The zero-order valence-electron chi connectivity index (χ0n) is 9.09. The van der Waals surface area contributed by atoms with Gasteiger partial charge in [-0.2, -0.15) is 0 Å². The van der Waals surface area contributed by atoms with Gasteiger partial charge in [-0.1, -0.05) is 26.8 Å². The molecule has 0 aromatic carbocycles. The highest BCUT2D eigenvalue weighted by Gasteiger charge is 2.20. The van der Waals surface area contributed by atoms with Gasteiger partial charge in [-0.15, -0.1) is 11.3 Å². The number of thiophene rings is 1. The number of nitrogens with zero attached hydrogens (tertiary/aromatic N) is 1. The van der Waals surface area contributed by atoms with Crippen molar-refractivity contribution in [2.45, 2.75) is 33.1 Å². The molecule has 0 unspecified atom stereocenters. The number of aryl methyl sites for hydroxylation is 1. The summed E-state index contributed by atoms with van der Waals surface area (Å²) in [6.45, 7) is 8.96. The summed E-state index contributed by atoms with van der Waals surface area (Å²) in [5.74, 6) is 0. The van der Waals surface area contributed by atoms with Crippen LogP contribution in [0.2, 0.25) is 0 Å². The first kappa shape index (κ1) is 9.66. The van der Waals surface area contributed by atoms with Crippen LogP contribution in [-0.2, 0) is 5.41 Å². The molecule has 2 aromatic heterocycles. The summed E-state index contributed by atoms with van der Waals surface area (Å²) in [4.78, 5) is 7.01. The van der Waals surface area contributed by atoms with Crippen LogP contribution < -0.4 is 0 Å². The number of aromatic nitrogens is 1. The SMILES string of the molecule is Cc1c(C(C)(C)C)sc2ncccc12. The third kappa shape index (κ3) is 1.44. The molecule has 0 spiro atoms. The van der Waals surface area contributed by atoms with Crippen molar-refractivity contribution in [1.82, 2.24) is 4.98 Å². The minimum Gasteiger partial charge on any atom is -0.245 e. The highest BCUT2D eigenvalue weighted by Crippen LogP contribution is 2.37. The van der Waals surface area contributed by atoms with Gasteiger partial charge in [-0.3, -0.25) is 0 Å². The van der Waals surface area contributed by atoms with E-state index in [2.05, 4.69) is 38.7 Å². The molecular weight excluding hydrogens is 190 g/mol. The Labute approximate surface area is 88.8 Å². The van der Waals surface area contributed by atoms with Gasteiger partial charge in [0.1, 0.15) is 4.83 Å². The average molecular weight is 205 g/mol. The summed E-state index contributed by atoms with van der Waals surface area (Å²) in [6, 6.07) is 4.16. The lowest BCUT2D eigenvalue weighted by Crippen LogP contribution is -2.09. The molecule has 2 heteroatoms. The molecule has 74 valence electrons. The Morgan fingerprint density at radius 2 is 2.00 bits per heavy atom. The van der Waals surface area contributed by atoms with Gasteiger partial charge in [0.2, 0.25) is 0 Å². The van der Waals surface area contributed by atoms with Crippen molar-refractivity contribution < 1.29 is 0 Å². The van der Waals surface area contributed by atoms with Gasteiger partial charge in [-0.05, 0) is 24.0 Å². The topological polar surface area (TPSA) is 12.9 Å². The Hall–Kier alpha value is -0.890. The molecule has 0 aliphatic carbocycles. The summed E-state index contributed by atoms with van der Waals surface area (Å²) in [6.07, 6.45) is 1.87. The first-order valence-corrected chi connectivity index (χ1v) is 5.66. The minimum atomic E-state index is 0.232. The van der Waals surface area contributed by atoms with Crippen LogP contribution in [0.3, 0.4) is 0 Å². The van der Waals surface area contributed by atoms with Crippen LogP contribution in [0.5, 0.6) is 0 Å². The van der Waals surface area contributed by atoms with Gasteiger partial charge in [-0.25, -0.2) is 4.98 Å². The standard InChI is InChI=1S/C12H15NS/c1-8-9-6-5-7-13-11(9)14-10(8)12(2,3)4/h5-7H,1-4H3. The van der Waals surface area contributed by atoms with Crippen LogP contribution in [0, 0.1) is 6.92 Å². The smallest absolute Gasteiger partial charge is 0.123 e. The van der Waals surface area contributed by atoms with Crippen molar-refractivity contribution in [2.75, 3.05) is 0 Å². The molecule has 0 saturated heterocycles. The van der Waals surface area contributed by atoms with Crippen molar-refractivity contribution in [3.63, 3.8) is 0 Å². The van der Waals surface area contributed by atoms with E-state index in [1.807, 2.05) is 23.6 Å². The second kappa shape index (κ2) is 3.06. The molecule has 2 heterocycles. The molecule has 2 aromatic rings. The van der Waals surface area contributed by atoms with Crippen LogP contribution in [-0.4, -0.2) is 4.98 Å². The Morgan fingerprint density at radius 3 is 2.57 bits per heavy atom. The average Bonchev–Trinajstić information content (AvgIpc) is 2.44. The Morgan fingerprint density at radius 1 is 1.29 bits per heavy atom. The summed E-state index contributed by atoms with van der Waals surface area (Å²) >= 11 is 1.82. The molecule has 1 nitrogen and oxygen atoms in total. The van der Waals surface area contributed by atoms with Crippen LogP contribution >= 0.6 is 11.3 Å². The van der Waals surface area contributed by atoms with E-state index < -0.39 is 0 Å². The van der Waals surface area contributed by atoms with E-state index in [9.17, 15) is 0 Å². The van der Waals surface area contributed by atoms with E-state index >= 15 is 0 Å². The van der Waals surface area contributed by atoms with Crippen LogP contribution in [0.4, 0.5) is 0 Å². The summed E-state index contributed by atoms with van der Waals surface area (Å²) in [7, 11) is 0. The molecule has 0 amide bonds. The zero-order valence-corrected chi connectivity index (χ0v) is 9.90. The highest BCUT2D eigenvalue weighted by molar-refractivity contribution is 7.19. The summed E-state index contributed by atoms with van der Waals surface area (Å²) in [5, 5.41) is 1.31. The molecule has 0 fully saturated rings. The molecule has 0 N–H and O–H groups in total. The molecule has 0 atom stereocenters. The number of pyridine rings is 1. The predicted octanol–water partition coefficient (Wildman–Crippen LogP) is 3.90. The van der Waals surface area contributed by atoms with Crippen LogP contribution in [0.15, 0.2) is 18.3 Å². The van der Waals surface area contributed by atoms with E-state index in [4.69, 9.17) is 0 Å².